The van der Waals surface area contributed by atoms with E-state index in [1.165, 1.54) is 30.5 Å². The van der Waals surface area contributed by atoms with Crippen LogP contribution >= 0.6 is 0 Å². The number of nitrogens with zero attached hydrogens (tertiary/aromatic N) is 4. The van der Waals surface area contributed by atoms with E-state index in [4.69, 9.17) is 4.52 Å². The summed E-state index contributed by atoms with van der Waals surface area (Å²) in [6.45, 7) is 8.29. The fraction of sp³-hybridized carbons (Fsp3) is 0.647. The molecule has 0 bridgehead atoms. The summed E-state index contributed by atoms with van der Waals surface area (Å²) in [6.07, 6.45) is 4.98. The highest BCUT2D eigenvalue weighted by Gasteiger charge is 2.26. The lowest BCUT2D eigenvalue weighted by molar-refractivity contribution is 0.183. The summed E-state index contributed by atoms with van der Waals surface area (Å²) in [6, 6.07) is 2.45. The van der Waals surface area contributed by atoms with Crippen molar-refractivity contribution in [1.82, 2.24) is 19.8 Å². The Kier molecular flexibility index (Phi) is 4.34. The van der Waals surface area contributed by atoms with Crippen LogP contribution < -0.4 is 0 Å². The highest BCUT2D eigenvalue weighted by atomic mass is 16.5. The van der Waals surface area contributed by atoms with Crippen LogP contribution in [0.15, 0.2) is 10.6 Å². The van der Waals surface area contributed by atoms with Crippen molar-refractivity contribution in [3.05, 3.63) is 34.5 Å². The van der Waals surface area contributed by atoms with Crippen LogP contribution in [-0.2, 0) is 13.6 Å². The Labute approximate surface area is 132 Å². The summed E-state index contributed by atoms with van der Waals surface area (Å²) in [4.78, 5) is 2.56. The van der Waals surface area contributed by atoms with E-state index in [1.54, 1.807) is 0 Å². The number of likely N-dealkylation sites (tertiary alicyclic amines) is 1. The highest BCUT2D eigenvalue weighted by molar-refractivity contribution is 5.24. The van der Waals surface area contributed by atoms with E-state index in [9.17, 15) is 0 Å². The van der Waals surface area contributed by atoms with Gasteiger partial charge in [0.05, 0.1) is 11.7 Å². The third-order valence-electron chi connectivity index (χ3n) is 4.87. The second kappa shape index (κ2) is 6.24. The molecule has 3 heterocycles. The molecule has 0 aromatic carbocycles. The predicted molar refractivity (Wildman–Crippen MR) is 85.5 cm³/mol. The van der Waals surface area contributed by atoms with E-state index in [0.717, 1.165) is 36.7 Å². The van der Waals surface area contributed by atoms with Crippen LogP contribution in [-0.4, -0.2) is 26.4 Å². The van der Waals surface area contributed by atoms with Crippen LogP contribution in [0.5, 0.6) is 0 Å². The zero-order chi connectivity index (χ0) is 15.7. The second-order valence-electron chi connectivity index (χ2n) is 6.47. The van der Waals surface area contributed by atoms with E-state index < -0.39 is 0 Å². The number of aromatic nitrogens is 3. The molecule has 1 aliphatic rings. The minimum absolute atomic E-state index is 0.360. The Hall–Kier alpha value is -1.62. The second-order valence-corrected chi connectivity index (χ2v) is 6.47. The van der Waals surface area contributed by atoms with Crippen molar-refractivity contribution in [3.8, 4) is 0 Å². The first-order chi connectivity index (χ1) is 10.6. The Balaban J connectivity index is 1.87. The first kappa shape index (κ1) is 15.3. The molecule has 0 unspecified atom stereocenters. The summed E-state index contributed by atoms with van der Waals surface area (Å²) in [5.74, 6) is 0.896. The SMILES string of the molecule is Cc1cc([C@H]2CCCCCN2Cc2c(C)nn(C)c2C)no1. The van der Waals surface area contributed by atoms with Gasteiger partial charge in [0, 0.05) is 30.9 Å². The van der Waals surface area contributed by atoms with E-state index in [1.807, 2.05) is 18.7 Å². The third-order valence-corrected chi connectivity index (χ3v) is 4.87. The van der Waals surface area contributed by atoms with Crippen molar-refractivity contribution in [2.24, 2.45) is 7.05 Å². The molecule has 0 spiro atoms. The Morgan fingerprint density at radius 3 is 2.68 bits per heavy atom. The fourth-order valence-corrected chi connectivity index (χ4v) is 3.48. The average molecular weight is 302 g/mol. The van der Waals surface area contributed by atoms with E-state index in [2.05, 4.69) is 35.1 Å². The molecule has 0 N–H and O–H groups in total. The van der Waals surface area contributed by atoms with Crippen molar-refractivity contribution < 1.29 is 4.52 Å². The molecule has 5 nitrogen and oxygen atoms in total. The molecule has 2 aromatic heterocycles. The molecule has 3 rings (SSSR count). The molecule has 5 heteroatoms. The van der Waals surface area contributed by atoms with E-state index >= 15 is 0 Å². The maximum Gasteiger partial charge on any atom is 0.133 e. The molecule has 1 fully saturated rings. The van der Waals surface area contributed by atoms with Crippen LogP contribution in [0.3, 0.4) is 0 Å². The van der Waals surface area contributed by atoms with Gasteiger partial charge in [0.1, 0.15) is 11.5 Å². The lowest BCUT2D eigenvalue weighted by Crippen LogP contribution is -2.28. The molecule has 0 amide bonds. The van der Waals surface area contributed by atoms with Gasteiger partial charge in [-0.25, -0.2) is 0 Å². The monoisotopic (exact) mass is 302 g/mol. The summed E-state index contributed by atoms with van der Waals surface area (Å²) >= 11 is 0. The van der Waals surface area contributed by atoms with Crippen LogP contribution in [0, 0.1) is 20.8 Å². The predicted octanol–water partition coefficient (Wildman–Crippen LogP) is 3.45. The van der Waals surface area contributed by atoms with Crippen molar-refractivity contribution in [3.63, 3.8) is 0 Å². The van der Waals surface area contributed by atoms with Gasteiger partial charge in [-0.15, -0.1) is 0 Å². The molecule has 0 saturated carbocycles. The fourth-order valence-electron chi connectivity index (χ4n) is 3.48. The Bertz CT molecular complexity index is 643. The molecule has 120 valence electrons. The first-order valence-electron chi connectivity index (χ1n) is 8.22. The first-order valence-corrected chi connectivity index (χ1v) is 8.22. The van der Waals surface area contributed by atoms with Gasteiger partial charge in [0.2, 0.25) is 0 Å². The molecule has 1 aliphatic heterocycles. The maximum atomic E-state index is 5.32. The van der Waals surface area contributed by atoms with Crippen LogP contribution in [0.4, 0.5) is 0 Å². The molecule has 22 heavy (non-hydrogen) atoms. The number of rotatable bonds is 3. The van der Waals surface area contributed by atoms with Crippen molar-refractivity contribution >= 4 is 0 Å². The van der Waals surface area contributed by atoms with Gasteiger partial charge in [0.25, 0.3) is 0 Å². The van der Waals surface area contributed by atoms with Gasteiger partial charge in [-0.2, -0.15) is 5.10 Å². The minimum atomic E-state index is 0.360. The van der Waals surface area contributed by atoms with Gasteiger partial charge >= 0.3 is 0 Å². The molecular weight excluding hydrogens is 276 g/mol. The van der Waals surface area contributed by atoms with Crippen molar-refractivity contribution in [1.29, 1.82) is 0 Å². The van der Waals surface area contributed by atoms with Gasteiger partial charge in [-0.1, -0.05) is 18.0 Å². The zero-order valence-electron chi connectivity index (χ0n) is 14.1. The zero-order valence-corrected chi connectivity index (χ0v) is 14.1. The van der Waals surface area contributed by atoms with E-state index in [-0.39, 0.29) is 0 Å². The van der Waals surface area contributed by atoms with Crippen molar-refractivity contribution in [2.45, 2.75) is 59.0 Å². The largest absolute Gasteiger partial charge is 0.361 e. The minimum Gasteiger partial charge on any atom is -0.361 e. The molecule has 1 saturated heterocycles. The topological polar surface area (TPSA) is 47.1 Å². The third kappa shape index (κ3) is 2.95. The lowest BCUT2D eigenvalue weighted by Gasteiger charge is -2.28. The smallest absolute Gasteiger partial charge is 0.133 e. The highest BCUT2D eigenvalue weighted by Crippen LogP contribution is 2.32. The number of aryl methyl sites for hydroxylation is 3. The lowest BCUT2D eigenvalue weighted by atomic mass is 10.1. The average Bonchev–Trinajstić information content (AvgIpc) is 2.90. The van der Waals surface area contributed by atoms with Gasteiger partial charge in [-0.05, 0) is 40.2 Å². The summed E-state index contributed by atoms with van der Waals surface area (Å²) in [5, 5.41) is 8.84. The number of hydrogen-bond acceptors (Lipinski definition) is 4. The standard InChI is InChI=1S/C17H26N4O/c1-12-10-16(19-22-12)17-8-6-5-7-9-21(17)11-15-13(2)18-20(4)14(15)3/h10,17H,5-9,11H2,1-4H3/t17-/m1/s1. The Morgan fingerprint density at radius 1 is 1.23 bits per heavy atom. The van der Waals surface area contributed by atoms with Crippen LogP contribution in [0.1, 0.15) is 60.1 Å². The molecular formula is C17H26N4O. The van der Waals surface area contributed by atoms with Crippen LogP contribution in [0.2, 0.25) is 0 Å². The molecule has 2 aromatic rings. The maximum absolute atomic E-state index is 5.32. The number of hydrogen-bond donors (Lipinski definition) is 0. The molecule has 1 atom stereocenters. The van der Waals surface area contributed by atoms with Crippen molar-refractivity contribution in [2.75, 3.05) is 6.54 Å². The quantitative estimate of drug-likeness (QED) is 0.871. The van der Waals surface area contributed by atoms with Crippen LogP contribution in [0.25, 0.3) is 0 Å². The van der Waals surface area contributed by atoms with E-state index in [0.29, 0.717) is 6.04 Å². The summed E-state index contributed by atoms with van der Waals surface area (Å²) in [7, 11) is 2.02. The van der Waals surface area contributed by atoms with Gasteiger partial charge in [-0.3, -0.25) is 9.58 Å². The Morgan fingerprint density at radius 2 is 2.05 bits per heavy atom. The summed E-state index contributed by atoms with van der Waals surface area (Å²) in [5.41, 5.74) is 4.84. The normalized spacial score (nSPS) is 20.3. The molecule has 0 radical (unpaired) electrons. The molecule has 0 aliphatic carbocycles. The van der Waals surface area contributed by atoms with Gasteiger partial charge < -0.3 is 4.52 Å². The summed E-state index contributed by atoms with van der Waals surface area (Å²) < 4.78 is 7.30. The van der Waals surface area contributed by atoms with Gasteiger partial charge in [0.15, 0.2) is 0 Å².